The minimum absolute atomic E-state index is 0.551. The molecule has 0 radical (unpaired) electrons. The van der Waals surface area contributed by atoms with Crippen LogP contribution in [-0.4, -0.2) is 23.6 Å². The van der Waals surface area contributed by atoms with E-state index in [-0.39, 0.29) is 0 Å². The molecule has 0 aromatic rings. The maximum Gasteiger partial charge on any atom is 0.130 e. The molecule has 0 aromatic carbocycles. The van der Waals surface area contributed by atoms with Crippen molar-refractivity contribution in [2.45, 2.75) is 0 Å². The molecule has 50 valence electrons. The maximum atomic E-state index is 4.15. The number of hydrogen-bond donors (Lipinski definition) is 0. The Morgan fingerprint density at radius 2 is 2.50 bits per heavy atom. The Morgan fingerprint density at radius 3 is 3.40 bits per heavy atom. The molecule has 10 heavy (non-hydrogen) atoms. The highest BCUT2D eigenvalue weighted by atomic mass is 32.2. The quantitative estimate of drug-likeness (QED) is 0.510. The third-order valence-corrected chi connectivity index (χ3v) is 2.00. The smallest absolute Gasteiger partial charge is 0.130 e. The summed E-state index contributed by atoms with van der Waals surface area (Å²) in [7, 11) is 0. The van der Waals surface area contributed by atoms with Gasteiger partial charge in [-0.2, -0.15) is 0 Å². The van der Waals surface area contributed by atoms with Gasteiger partial charge in [0.25, 0.3) is 0 Å². The number of hydrogen-bond acceptors (Lipinski definition) is 4. The van der Waals surface area contributed by atoms with E-state index < -0.39 is 0 Å². The summed E-state index contributed by atoms with van der Waals surface area (Å²) < 4.78 is 0. The van der Waals surface area contributed by atoms with Gasteiger partial charge in [0.2, 0.25) is 0 Å². The molecule has 0 amide bonds. The molecular formula is C6H5N3S. The first-order chi connectivity index (χ1) is 4.97. The van der Waals surface area contributed by atoms with E-state index in [2.05, 4.69) is 15.0 Å². The monoisotopic (exact) mass is 151 g/mol. The molecule has 0 saturated carbocycles. The zero-order valence-electron chi connectivity index (χ0n) is 5.19. The minimum Gasteiger partial charge on any atom is -0.267 e. The Kier molecular flexibility index (Phi) is 1.39. The molecule has 0 unspecified atom stereocenters. The number of rotatable bonds is 0. The Hall–Kier alpha value is -0.900. The predicted octanol–water partition coefficient (Wildman–Crippen LogP) is 1.09. The summed E-state index contributed by atoms with van der Waals surface area (Å²) in [5.74, 6) is 0. The topological polar surface area (TPSA) is 37.1 Å². The fourth-order valence-corrected chi connectivity index (χ4v) is 1.37. The summed E-state index contributed by atoms with van der Waals surface area (Å²) >= 11 is 1.59. The van der Waals surface area contributed by atoms with Gasteiger partial charge in [-0.3, -0.25) is 15.0 Å². The molecule has 0 aromatic heterocycles. The van der Waals surface area contributed by atoms with Crippen LogP contribution in [0.2, 0.25) is 0 Å². The van der Waals surface area contributed by atoms with E-state index in [1.54, 1.807) is 24.2 Å². The highest BCUT2D eigenvalue weighted by Gasteiger charge is 2.10. The van der Waals surface area contributed by atoms with Crippen LogP contribution < -0.4 is 0 Å². The van der Waals surface area contributed by atoms with E-state index in [1.165, 1.54) is 0 Å². The summed E-state index contributed by atoms with van der Waals surface area (Å²) in [6.07, 6.45) is 3.52. The molecule has 0 saturated heterocycles. The molecule has 0 aliphatic carbocycles. The van der Waals surface area contributed by atoms with Gasteiger partial charge in [0.05, 0.1) is 6.21 Å². The summed E-state index contributed by atoms with van der Waals surface area (Å²) in [4.78, 5) is 12.2. The van der Waals surface area contributed by atoms with Crippen LogP contribution in [0, 0.1) is 0 Å². The van der Waals surface area contributed by atoms with E-state index >= 15 is 0 Å². The van der Waals surface area contributed by atoms with E-state index in [9.17, 15) is 0 Å². The second kappa shape index (κ2) is 2.38. The summed E-state index contributed by atoms with van der Waals surface area (Å²) in [6.45, 7) is 0.551. The lowest BCUT2D eigenvalue weighted by atomic mass is 10.4. The van der Waals surface area contributed by atoms with Crippen LogP contribution in [0.25, 0.3) is 0 Å². The van der Waals surface area contributed by atoms with Crippen molar-refractivity contribution in [3.8, 4) is 0 Å². The first kappa shape index (κ1) is 5.85. The Morgan fingerprint density at radius 1 is 1.50 bits per heavy atom. The van der Waals surface area contributed by atoms with Crippen LogP contribution >= 0.6 is 11.8 Å². The second-order valence-corrected chi connectivity index (χ2v) is 2.73. The molecule has 0 spiro atoms. The lowest BCUT2D eigenvalue weighted by Gasteiger charge is -2.08. The molecule has 2 aliphatic heterocycles. The molecule has 4 heteroatoms. The van der Waals surface area contributed by atoms with E-state index in [0.29, 0.717) is 6.67 Å². The highest BCUT2D eigenvalue weighted by molar-refractivity contribution is 8.18. The van der Waals surface area contributed by atoms with Crippen molar-refractivity contribution < 1.29 is 0 Å². The SMILES string of the molecule is C1=CSC2=NCN=CC2=N1. The van der Waals surface area contributed by atoms with Gasteiger partial charge >= 0.3 is 0 Å². The third kappa shape index (κ3) is 0.903. The third-order valence-electron chi connectivity index (χ3n) is 1.18. The molecular weight excluding hydrogens is 146 g/mol. The molecule has 0 bridgehead atoms. The van der Waals surface area contributed by atoms with Crippen LogP contribution in [0.15, 0.2) is 26.6 Å². The van der Waals surface area contributed by atoms with Crippen molar-refractivity contribution in [1.29, 1.82) is 0 Å². The van der Waals surface area contributed by atoms with Gasteiger partial charge in [-0.15, -0.1) is 0 Å². The fourth-order valence-electron chi connectivity index (χ4n) is 0.760. The average Bonchev–Trinajstić information content (AvgIpc) is 2.05. The summed E-state index contributed by atoms with van der Waals surface area (Å²) in [5.41, 5.74) is 0.888. The van der Waals surface area contributed by atoms with E-state index in [1.807, 2.05) is 5.41 Å². The number of thioether (sulfide) groups is 1. The van der Waals surface area contributed by atoms with Crippen molar-refractivity contribution in [3.05, 3.63) is 11.6 Å². The summed E-state index contributed by atoms with van der Waals surface area (Å²) in [5, 5.41) is 2.90. The Balaban J connectivity index is 2.39. The predicted molar refractivity (Wildman–Crippen MR) is 45.0 cm³/mol. The molecule has 2 heterocycles. The van der Waals surface area contributed by atoms with Crippen molar-refractivity contribution in [2.75, 3.05) is 6.67 Å². The maximum absolute atomic E-state index is 4.15. The van der Waals surface area contributed by atoms with Gasteiger partial charge in [-0.05, 0) is 5.41 Å². The number of nitrogens with zero attached hydrogens (tertiary/aromatic N) is 3. The first-order valence-electron chi connectivity index (χ1n) is 2.91. The van der Waals surface area contributed by atoms with Crippen LogP contribution in [0.5, 0.6) is 0 Å². The highest BCUT2D eigenvalue weighted by Crippen LogP contribution is 2.14. The zero-order valence-corrected chi connectivity index (χ0v) is 6.01. The zero-order chi connectivity index (χ0) is 6.81. The van der Waals surface area contributed by atoms with Gasteiger partial charge in [-0.1, -0.05) is 11.8 Å². The number of fused-ring (bicyclic) bond motifs is 1. The standard InChI is InChI=1S/C6H5N3S/c1-2-10-6-5(8-1)3-7-4-9-6/h1-3H,4H2. The average molecular weight is 151 g/mol. The molecule has 2 aliphatic rings. The van der Waals surface area contributed by atoms with Crippen molar-refractivity contribution >= 4 is 28.7 Å². The Bertz CT molecular complexity index is 262. The molecule has 3 nitrogen and oxygen atoms in total. The van der Waals surface area contributed by atoms with E-state index in [4.69, 9.17) is 0 Å². The molecule has 0 N–H and O–H groups in total. The van der Waals surface area contributed by atoms with Crippen LogP contribution in [0.4, 0.5) is 0 Å². The van der Waals surface area contributed by atoms with Crippen molar-refractivity contribution in [1.82, 2.24) is 0 Å². The van der Waals surface area contributed by atoms with Crippen LogP contribution in [-0.2, 0) is 0 Å². The number of aliphatic imine (C=N–C) groups is 3. The van der Waals surface area contributed by atoms with E-state index in [0.717, 1.165) is 10.8 Å². The molecule has 2 rings (SSSR count). The summed E-state index contributed by atoms with van der Waals surface area (Å²) in [6, 6.07) is 0. The largest absolute Gasteiger partial charge is 0.267 e. The van der Waals surface area contributed by atoms with Gasteiger partial charge in [0.1, 0.15) is 17.4 Å². The second-order valence-electron chi connectivity index (χ2n) is 1.83. The van der Waals surface area contributed by atoms with Crippen LogP contribution in [0.1, 0.15) is 0 Å². The lowest BCUT2D eigenvalue weighted by Crippen LogP contribution is -2.17. The van der Waals surface area contributed by atoms with Gasteiger partial charge in [0, 0.05) is 6.20 Å². The molecule has 0 atom stereocenters. The fraction of sp³-hybridized carbons (Fsp3) is 0.167. The lowest BCUT2D eigenvalue weighted by molar-refractivity contribution is 1.08. The van der Waals surface area contributed by atoms with Gasteiger partial charge < -0.3 is 0 Å². The normalized spacial score (nSPS) is 21.6. The van der Waals surface area contributed by atoms with Crippen molar-refractivity contribution in [3.63, 3.8) is 0 Å². The van der Waals surface area contributed by atoms with Crippen LogP contribution in [0.3, 0.4) is 0 Å². The molecule has 0 fully saturated rings. The van der Waals surface area contributed by atoms with Gasteiger partial charge in [0.15, 0.2) is 0 Å². The first-order valence-corrected chi connectivity index (χ1v) is 3.79. The van der Waals surface area contributed by atoms with Gasteiger partial charge in [-0.25, -0.2) is 0 Å². The minimum atomic E-state index is 0.551. The van der Waals surface area contributed by atoms with Crippen molar-refractivity contribution in [2.24, 2.45) is 15.0 Å². The Labute approximate surface area is 62.7 Å².